The van der Waals surface area contributed by atoms with E-state index in [0.29, 0.717) is 17.1 Å². The maximum atomic E-state index is 11.3. The first kappa shape index (κ1) is 22.9. The van der Waals surface area contributed by atoms with Crippen molar-refractivity contribution in [1.82, 2.24) is 0 Å². The molecule has 2 aromatic carbocycles. The molecule has 0 radical (unpaired) electrons. The second-order valence-electron chi connectivity index (χ2n) is 6.58. The fourth-order valence-electron chi connectivity index (χ4n) is 2.99. The Balaban J connectivity index is 2.34. The van der Waals surface area contributed by atoms with Crippen LogP contribution in [0.25, 0.3) is 11.1 Å². The van der Waals surface area contributed by atoms with Crippen LogP contribution in [0.4, 0.5) is 0 Å². The van der Waals surface area contributed by atoms with Crippen molar-refractivity contribution < 1.29 is 33.3 Å². The lowest BCUT2D eigenvalue weighted by Gasteiger charge is -2.19. The quantitative estimate of drug-likeness (QED) is 0.333. The molecule has 0 amide bonds. The van der Waals surface area contributed by atoms with Gasteiger partial charge in [-0.15, -0.1) is 0 Å². The van der Waals surface area contributed by atoms with Crippen LogP contribution in [-0.2, 0) is 19.1 Å². The van der Waals surface area contributed by atoms with Gasteiger partial charge in [0.05, 0.1) is 0 Å². The average molecular weight is 414 g/mol. The summed E-state index contributed by atoms with van der Waals surface area (Å²) in [6, 6.07) is 9.20. The zero-order valence-corrected chi connectivity index (χ0v) is 17.7. The van der Waals surface area contributed by atoms with Crippen molar-refractivity contribution in [3.8, 4) is 22.6 Å². The number of hydrogen-bond acceptors (Lipinski definition) is 7. The summed E-state index contributed by atoms with van der Waals surface area (Å²) in [4.78, 5) is 33.2. The summed E-state index contributed by atoms with van der Waals surface area (Å²) in [5, 5.41) is 0. The molecule has 0 atom stereocenters. The molecule has 0 fully saturated rings. The van der Waals surface area contributed by atoms with Crippen LogP contribution in [0.3, 0.4) is 0 Å². The SMILES string of the molecule is CC(=O)OCCOc1ccc(-c2cccc(C=O)c2C)c(C)c1OCCOC(C)=O. The van der Waals surface area contributed by atoms with Gasteiger partial charge >= 0.3 is 11.9 Å². The van der Waals surface area contributed by atoms with Crippen LogP contribution in [0.1, 0.15) is 35.3 Å². The Morgan fingerprint density at radius 1 is 0.800 bits per heavy atom. The van der Waals surface area contributed by atoms with Gasteiger partial charge in [-0.25, -0.2) is 0 Å². The molecule has 0 heterocycles. The summed E-state index contributed by atoms with van der Waals surface area (Å²) in [5.41, 5.74) is 4.10. The van der Waals surface area contributed by atoms with E-state index in [-0.39, 0.29) is 38.4 Å². The molecule has 160 valence electrons. The molecule has 7 heteroatoms. The standard InChI is InChI=1S/C23H26O7/c1-15-19(14-24)6-5-7-20(15)21-8-9-22(29-12-10-27-17(3)25)23(16(21)2)30-13-11-28-18(4)26/h5-9,14H,10-13H2,1-4H3. The highest BCUT2D eigenvalue weighted by atomic mass is 16.6. The first-order chi connectivity index (χ1) is 14.3. The minimum absolute atomic E-state index is 0.103. The van der Waals surface area contributed by atoms with E-state index in [1.807, 2.05) is 32.0 Å². The lowest BCUT2D eigenvalue weighted by molar-refractivity contribution is -0.142. The number of ether oxygens (including phenoxy) is 4. The van der Waals surface area contributed by atoms with E-state index in [1.165, 1.54) is 13.8 Å². The van der Waals surface area contributed by atoms with Crippen molar-refractivity contribution in [2.24, 2.45) is 0 Å². The van der Waals surface area contributed by atoms with Crippen LogP contribution in [-0.4, -0.2) is 44.7 Å². The van der Waals surface area contributed by atoms with Gasteiger partial charge in [-0.1, -0.05) is 24.3 Å². The predicted octanol–water partition coefficient (Wildman–Crippen LogP) is 3.67. The van der Waals surface area contributed by atoms with E-state index < -0.39 is 0 Å². The van der Waals surface area contributed by atoms with E-state index in [4.69, 9.17) is 18.9 Å². The Bertz CT molecular complexity index is 918. The van der Waals surface area contributed by atoms with Gasteiger partial charge in [-0.3, -0.25) is 14.4 Å². The number of hydrogen-bond donors (Lipinski definition) is 0. The fraction of sp³-hybridized carbons (Fsp3) is 0.348. The van der Waals surface area contributed by atoms with Crippen LogP contribution in [0.2, 0.25) is 0 Å². The Kier molecular flexibility index (Phi) is 8.41. The summed E-state index contributed by atoms with van der Waals surface area (Å²) < 4.78 is 21.5. The average Bonchev–Trinajstić information content (AvgIpc) is 2.70. The van der Waals surface area contributed by atoms with Gasteiger partial charge in [0.25, 0.3) is 0 Å². The first-order valence-electron chi connectivity index (χ1n) is 9.56. The van der Waals surface area contributed by atoms with Crippen molar-refractivity contribution in [2.75, 3.05) is 26.4 Å². The molecule has 0 aliphatic carbocycles. The van der Waals surface area contributed by atoms with E-state index in [2.05, 4.69) is 0 Å². The summed E-state index contributed by atoms with van der Waals surface area (Å²) in [6.45, 7) is 6.98. The van der Waals surface area contributed by atoms with Gasteiger partial charge in [0.15, 0.2) is 11.5 Å². The zero-order valence-electron chi connectivity index (χ0n) is 17.7. The van der Waals surface area contributed by atoms with Crippen LogP contribution in [0.15, 0.2) is 30.3 Å². The second kappa shape index (κ2) is 11.0. The van der Waals surface area contributed by atoms with Gasteiger partial charge in [0.1, 0.15) is 32.7 Å². The molecular weight excluding hydrogens is 388 g/mol. The van der Waals surface area contributed by atoms with E-state index in [1.54, 1.807) is 12.1 Å². The molecule has 0 saturated carbocycles. The van der Waals surface area contributed by atoms with Crippen molar-refractivity contribution >= 4 is 18.2 Å². The summed E-state index contributed by atoms with van der Waals surface area (Å²) >= 11 is 0. The molecule has 2 rings (SSSR count). The Labute approximate surface area is 175 Å². The van der Waals surface area contributed by atoms with E-state index >= 15 is 0 Å². The summed E-state index contributed by atoms with van der Waals surface area (Å²) in [5.74, 6) is 0.213. The minimum Gasteiger partial charge on any atom is -0.486 e. The third-order valence-electron chi connectivity index (χ3n) is 4.44. The first-order valence-corrected chi connectivity index (χ1v) is 9.56. The maximum Gasteiger partial charge on any atom is 0.302 e. The normalized spacial score (nSPS) is 10.3. The van der Waals surface area contributed by atoms with Gasteiger partial charge in [0.2, 0.25) is 0 Å². The topological polar surface area (TPSA) is 88.1 Å². The minimum atomic E-state index is -0.386. The molecule has 0 spiro atoms. The Hall–Kier alpha value is -3.35. The molecule has 0 aliphatic heterocycles. The largest absolute Gasteiger partial charge is 0.486 e. The van der Waals surface area contributed by atoms with Crippen LogP contribution >= 0.6 is 0 Å². The molecule has 0 unspecified atom stereocenters. The van der Waals surface area contributed by atoms with Crippen molar-refractivity contribution in [3.05, 3.63) is 47.0 Å². The van der Waals surface area contributed by atoms with Crippen LogP contribution in [0.5, 0.6) is 11.5 Å². The van der Waals surface area contributed by atoms with Crippen LogP contribution < -0.4 is 9.47 Å². The van der Waals surface area contributed by atoms with Gasteiger partial charge in [0, 0.05) is 25.0 Å². The summed E-state index contributed by atoms with van der Waals surface area (Å²) in [7, 11) is 0. The summed E-state index contributed by atoms with van der Waals surface area (Å²) in [6.07, 6.45) is 0.831. The van der Waals surface area contributed by atoms with Crippen molar-refractivity contribution in [2.45, 2.75) is 27.7 Å². The molecule has 30 heavy (non-hydrogen) atoms. The molecule has 0 aromatic heterocycles. The lowest BCUT2D eigenvalue weighted by atomic mass is 9.93. The third-order valence-corrected chi connectivity index (χ3v) is 4.44. The van der Waals surface area contributed by atoms with Gasteiger partial charge in [-0.05, 0) is 36.6 Å². The molecule has 7 nitrogen and oxygen atoms in total. The highest BCUT2D eigenvalue weighted by molar-refractivity contribution is 5.84. The van der Waals surface area contributed by atoms with E-state index in [0.717, 1.165) is 28.5 Å². The van der Waals surface area contributed by atoms with E-state index in [9.17, 15) is 14.4 Å². The van der Waals surface area contributed by atoms with Gasteiger partial charge in [-0.2, -0.15) is 0 Å². The zero-order chi connectivity index (χ0) is 22.1. The number of benzene rings is 2. The van der Waals surface area contributed by atoms with Crippen LogP contribution in [0, 0.1) is 13.8 Å². The number of carbonyl (C=O) groups is 3. The molecule has 2 aromatic rings. The number of rotatable bonds is 10. The molecule has 0 aliphatic rings. The molecule has 0 saturated heterocycles. The third kappa shape index (κ3) is 6.07. The van der Waals surface area contributed by atoms with Crippen molar-refractivity contribution in [3.63, 3.8) is 0 Å². The maximum absolute atomic E-state index is 11.3. The monoisotopic (exact) mass is 414 g/mol. The Morgan fingerprint density at radius 3 is 2.00 bits per heavy atom. The number of aldehydes is 1. The fourth-order valence-corrected chi connectivity index (χ4v) is 2.99. The number of esters is 2. The van der Waals surface area contributed by atoms with Crippen molar-refractivity contribution in [1.29, 1.82) is 0 Å². The number of carbonyl (C=O) groups excluding carboxylic acids is 3. The predicted molar refractivity (Wildman–Crippen MR) is 111 cm³/mol. The molecule has 0 bridgehead atoms. The van der Waals surface area contributed by atoms with Gasteiger partial charge < -0.3 is 18.9 Å². The second-order valence-corrected chi connectivity index (χ2v) is 6.58. The Morgan fingerprint density at radius 2 is 1.40 bits per heavy atom. The molecule has 0 N–H and O–H groups in total. The highest BCUT2D eigenvalue weighted by Gasteiger charge is 2.16. The smallest absolute Gasteiger partial charge is 0.302 e. The lowest BCUT2D eigenvalue weighted by Crippen LogP contribution is -2.13. The molecular formula is C23H26O7. The highest BCUT2D eigenvalue weighted by Crippen LogP contribution is 2.39.